The maximum atomic E-state index is 13.7. The van der Waals surface area contributed by atoms with Gasteiger partial charge in [-0.25, -0.2) is 9.97 Å². The second-order valence-corrected chi connectivity index (χ2v) is 7.64. The zero-order valence-electron chi connectivity index (χ0n) is 16.0. The number of hydrogen-bond acceptors (Lipinski definition) is 6. The fraction of sp³-hybridized carbons (Fsp3) is 0.421. The highest BCUT2D eigenvalue weighted by molar-refractivity contribution is 5.90. The Morgan fingerprint density at radius 2 is 2.03 bits per heavy atom. The Morgan fingerprint density at radius 1 is 1.24 bits per heavy atom. The number of aliphatic hydroxyl groups is 1. The van der Waals surface area contributed by atoms with Gasteiger partial charge in [0, 0.05) is 32.6 Å². The van der Waals surface area contributed by atoms with Gasteiger partial charge in [0.1, 0.15) is 11.5 Å². The smallest absolute Gasteiger partial charge is 0.389 e. The molecule has 0 aromatic carbocycles. The van der Waals surface area contributed by atoms with Gasteiger partial charge in [-0.05, 0) is 38.1 Å². The highest BCUT2D eigenvalue weighted by atomic mass is 19.4. The average Bonchev–Trinajstić information content (AvgIpc) is 3.10. The number of anilines is 1. The Bertz CT molecular complexity index is 1030. The van der Waals surface area contributed by atoms with Gasteiger partial charge in [0.2, 0.25) is 0 Å². The standard InChI is InChI=1S/C19H21F3N6O.H2/c1-18(2,29)13-10-28(9-8-23-13)14-6-5-12(19(20,21)22)16(25-14)15-11-4-3-7-24-17(11)27-26-15;/h3-7,13,23,29H,8-10H2,1-2H3,(H,24,26,27);1H. The van der Waals surface area contributed by atoms with Crippen LogP contribution in [0.3, 0.4) is 0 Å². The molecule has 0 spiro atoms. The van der Waals surface area contributed by atoms with Gasteiger partial charge in [0.25, 0.3) is 0 Å². The Morgan fingerprint density at radius 3 is 2.76 bits per heavy atom. The van der Waals surface area contributed by atoms with E-state index < -0.39 is 17.3 Å². The monoisotopic (exact) mass is 408 g/mol. The Kier molecular flexibility index (Phi) is 4.70. The van der Waals surface area contributed by atoms with Crippen LogP contribution in [0.15, 0.2) is 30.5 Å². The lowest BCUT2D eigenvalue weighted by Crippen LogP contribution is -2.59. The number of pyridine rings is 2. The van der Waals surface area contributed by atoms with Gasteiger partial charge in [0.15, 0.2) is 5.65 Å². The summed E-state index contributed by atoms with van der Waals surface area (Å²) >= 11 is 0. The number of halogens is 3. The number of alkyl halides is 3. The summed E-state index contributed by atoms with van der Waals surface area (Å²) in [5.74, 6) is 0.412. The van der Waals surface area contributed by atoms with E-state index in [0.29, 0.717) is 36.5 Å². The van der Waals surface area contributed by atoms with E-state index in [1.54, 1.807) is 26.0 Å². The zero-order chi connectivity index (χ0) is 20.8. The Hall–Kier alpha value is -2.72. The van der Waals surface area contributed by atoms with E-state index in [9.17, 15) is 18.3 Å². The lowest BCUT2D eigenvalue weighted by molar-refractivity contribution is -0.137. The van der Waals surface area contributed by atoms with Crippen LogP contribution in [0, 0.1) is 0 Å². The summed E-state index contributed by atoms with van der Waals surface area (Å²) in [6.45, 7) is 4.97. The molecule has 156 valence electrons. The fourth-order valence-electron chi connectivity index (χ4n) is 3.51. The van der Waals surface area contributed by atoms with E-state index in [0.717, 1.165) is 6.07 Å². The number of nitrogens with zero attached hydrogens (tertiary/aromatic N) is 4. The van der Waals surface area contributed by atoms with Gasteiger partial charge in [-0.2, -0.15) is 18.3 Å². The van der Waals surface area contributed by atoms with Crippen LogP contribution in [-0.2, 0) is 6.18 Å². The minimum Gasteiger partial charge on any atom is -0.389 e. The first-order valence-corrected chi connectivity index (χ1v) is 9.23. The molecular formula is C19H23F3N6O. The van der Waals surface area contributed by atoms with Crippen LogP contribution >= 0.6 is 0 Å². The fourth-order valence-corrected chi connectivity index (χ4v) is 3.51. The number of nitrogens with one attached hydrogen (secondary N) is 2. The van der Waals surface area contributed by atoms with Gasteiger partial charge < -0.3 is 15.3 Å². The highest BCUT2D eigenvalue weighted by Gasteiger charge is 2.37. The van der Waals surface area contributed by atoms with Crippen LogP contribution in [0.5, 0.6) is 0 Å². The molecule has 3 aromatic rings. The normalized spacial score (nSPS) is 18.4. The maximum absolute atomic E-state index is 13.7. The van der Waals surface area contributed by atoms with Gasteiger partial charge in [-0.1, -0.05) is 0 Å². The molecule has 29 heavy (non-hydrogen) atoms. The molecule has 1 unspecified atom stereocenters. The number of H-pyrrole nitrogens is 1. The third-order valence-corrected chi connectivity index (χ3v) is 5.10. The van der Waals surface area contributed by atoms with E-state index in [4.69, 9.17) is 0 Å². The third-order valence-electron chi connectivity index (χ3n) is 5.10. The van der Waals surface area contributed by atoms with E-state index in [2.05, 4.69) is 25.5 Å². The van der Waals surface area contributed by atoms with Crippen LogP contribution in [0.25, 0.3) is 22.4 Å². The summed E-state index contributed by atoms with van der Waals surface area (Å²) in [7, 11) is 0. The molecule has 4 rings (SSSR count). The van der Waals surface area contributed by atoms with Crippen molar-refractivity contribution in [1.29, 1.82) is 0 Å². The second-order valence-electron chi connectivity index (χ2n) is 7.64. The first-order chi connectivity index (χ1) is 13.6. The van der Waals surface area contributed by atoms with Crippen molar-refractivity contribution in [2.45, 2.75) is 31.7 Å². The van der Waals surface area contributed by atoms with E-state index in [1.807, 2.05) is 4.90 Å². The van der Waals surface area contributed by atoms with Crippen molar-refractivity contribution in [2.75, 3.05) is 24.5 Å². The van der Waals surface area contributed by atoms with Gasteiger partial charge in [-0.15, -0.1) is 0 Å². The lowest BCUT2D eigenvalue weighted by atomic mass is 9.97. The Labute approximate surface area is 166 Å². The molecule has 0 saturated carbocycles. The largest absolute Gasteiger partial charge is 0.418 e. The summed E-state index contributed by atoms with van der Waals surface area (Å²) in [6, 6.07) is 5.48. The highest BCUT2D eigenvalue weighted by Crippen LogP contribution is 2.38. The van der Waals surface area contributed by atoms with Gasteiger partial charge in [0.05, 0.1) is 22.9 Å². The SMILES string of the molecule is CC(C)(O)C1CN(c2ccc(C(F)(F)F)c(-c3[nH]nc4ncccc34)n2)CCN1.[HH]. The van der Waals surface area contributed by atoms with Crippen molar-refractivity contribution in [1.82, 2.24) is 25.5 Å². The van der Waals surface area contributed by atoms with Crippen LogP contribution in [-0.4, -0.2) is 56.5 Å². The minimum atomic E-state index is -4.57. The van der Waals surface area contributed by atoms with Crippen molar-refractivity contribution >= 4 is 16.9 Å². The molecule has 3 N–H and O–H groups in total. The number of aromatic nitrogens is 4. The number of rotatable bonds is 3. The molecule has 10 heteroatoms. The van der Waals surface area contributed by atoms with Gasteiger partial charge >= 0.3 is 6.18 Å². The minimum absolute atomic E-state index is 0. The Balaban J connectivity index is 0.00000256. The van der Waals surface area contributed by atoms with Crippen molar-refractivity contribution in [3.63, 3.8) is 0 Å². The molecular weight excluding hydrogens is 385 g/mol. The average molecular weight is 408 g/mol. The molecule has 7 nitrogen and oxygen atoms in total. The van der Waals surface area contributed by atoms with Crippen molar-refractivity contribution in [2.24, 2.45) is 0 Å². The molecule has 1 atom stereocenters. The molecule has 1 aliphatic rings. The maximum Gasteiger partial charge on any atom is 0.418 e. The first-order valence-electron chi connectivity index (χ1n) is 9.23. The van der Waals surface area contributed by atoms with Crippen LogP contribution in [0.2, 0.25) is 0 Å². The van der Waals surface area contributed by atoms with E-state index in [-0.39, 0.29) is 18.9 Å². The summed E-state index contributed by atoms with van der Waals surface area (Å²) < 4.78 is 41.1. The quantitative estimate of drug-likeness (QED) is 0.618. The molecule has 3 aromatic heterocycles. The van der Waals surface area contributed by atoms with Crippen LogP contribution < -0.4 is 10.2 Å². The first kappa shape index (κ1) is 19.6. The molecule has 0 aliphatic carbocycles. The predicted octanol–water partition coefficient (Wildman–Crippen LogP) is 2.83. The van der Waals surface area contributed by atoms with E-state index in [1.165, 1.54) is 12.3 Å². The van der Waals surface area contributed by atoms with Crippen molar-refractivity contribution in [3.05, 3.63) is 36.0 Å². The molecule has 0 amide bonds. The zero-order valence-corrected chi connectivity index (χ0v) is 16.0. The summed E-state index contributed by atoms with van der Waals surface area (Å²) in [4.78, 5) is 10.3. The molecule has 0 radical (unpaired) electrons. The molecule has 4 heterocycles. The summed E-state index contributed by atoms with van der Waals surface area (Å²) in [6.07, 6.45) is -3.04. The molecule has 1 fully saturated rings. The second kappa shape index (κ2) is 6.96. The van der Waals surface area contributed by atoms with Crippen LogP contribution in [0.4, 0.5) is 19.0 Å². The number of hydrogen-bond donors (Lipinski definition) is 3. The van der Waals surface area contributed by atoms with Crippen LogP contribution in [0.1, 0.15) is 20.8 Å². The topological polar surface area (TPSA) is 90.0 Å². The van der Waals surface area contributed by atoms with Crippen molar-refractivity contribution in [3.8, 4) is 11.4 Å². The van der Waals surface area contributed by atoms with Crippen molar-refractivity contribution < 1.29 is 19.7 Å². The molecule has 0 bridgehead atoms. The number of aromatic amines is 1. The van der Waals surface area contributed by atoms with E-state index >= 15 is 0 Å². The lowest BCUT2D eigenvalue weighted by Gasteiger charge is -2.40. The number of fused-ring (bicyclic) bond motifs is 1. The summed E-state index contributed by atoms with van der Waals surface area (Å²) in [5, 5.41) is 20.7. The molecule has 1 aliphatic heterocycles. The summed E-state index contributed by atoms with van der Waals surface area (Å²) in [5.41, 5.74) is -1.53. The van der Waals surface area contributed by atoms with Gasteiger partial charge in [-0.3, -0.25) is 5.10 Å². The number of piperazine rings is 1. The predicted molar refractivity (Wildman–Crippen MR) is 105 cm³/mol. The molecule has 1 saturated heterocycles. The third kappa shape index (κ3) is 3.77.